The van der Waals surface area contributed by atoms with E-state index in [1.165, 1.54) is 0 Å². The number of rotatable bonds is 5. The summed E-state index contributed by atoms with van der Waals surface area (Å²) < 4.78 is 0. The molecule has 1 unspecified atom stereocenters. The normalized spacial score (nSPS) is 17.5. The van der Waals surface area contributed by atoms with Gasteiger partial charge in [-0.05, 0) is 51.0 Å². The summed E-state index contributed by atoms with van der Waals surface area (Å²) in [6.07, 6.45) is 1.68. The van der Waals surface area contributed by atoms with Crippen molar-refractivity contribution in [1.29, 1.82) is 0 Å². The molecule has 2 amide bonds. The zero-order valence-corrected chi connectivity index (χ0v) is 15.2. The van der Waals surface area contributed by atoms with Crippen molar-refractivity contribution in [2.75, 3.05) is 26.2 Å². The van der Waals surface area contributed by atoms with Crippen molar-refractivity contribution in [3.63, 3.8) is 0 Å². The van der Waals surface area contributed by atoms with E-state index in [4.69, 9.17) is 11.6 Å². The number of hydrogen-bond acceptors (Lipinski definition) is 2. The number of carbonyl (C=O) groups is 2. The number of hydrogen-bond donors (Lipinski definition) is 0. The van der Waals surface area contributed by atoms with E-state index in [2.05, 4.69) is 6.58 Å². The Kier molecular flexibility index (Phi) is 6.44. The van der Waals surface area contributed by atoms with Gasteiger partial charge in [0.05, 0.1) is 5.92 Å². The predicted molar refractivity (Wildman–Crippen MR) is 97.1 cm³/mol. The Morgan fingerprint density at radius 1 is 1.33 bits per heavy atom. The van der Waals surface area contributed by atoms with Crippen LogP contribution < -0.4 is 0 Å². The summed E-state index contributed by atoms with van der Waals surface area (Å²) in [5, 5.41) is 0.608. The molecule has 1 heterocycles. The molecular formula is C19H25ClN2O2. The second-order valence-corrected chi connectivity index (χ2v) is 6.84. The van der Waals surface area contributed by atoms with E-state index in [1.54, 1.807) is 29.2 Å². The first-order valence-electron chi connectivity index (χ1n) is 8.40. The minimum Gasteiger partial charge on any atom is -0.339 e. The third-order valence-electron chi connectivity index (χ3n) is 4.30. The van der Waals surface area contributed by atoms with Gasteiger partial charge in [-0.2, -0.15) is 0 Å². The molecular weight excluding hydrogens is 324 g/mol. The number of amides is 2. The van der Waals surface area contributed by atoms with Crippen molar-refractivity contribution in [1.82, 2.24) is 9.80 Å². The molecule has 0 aliphatic carbocycles. The molecule has 1 saturated heterocycles. The van der Waals surface area contributed by atoms with Crippen LogP contribution in [0.1, 0.15) is 37.0 Å². The Labute approximate surface area is 149 Å². The second-order valence-electron chi connectivity index (χ2n) is 6.41. The van der Waals surface area contributed by atoms with Crippen LogP contribution in [0, 0.1) is 5.92 Å². The molecule has 4 nitrogen and oxygen atoms in total. The van der Waals surface area contributed by atoms with E-state index in [0.29, 0.717) is 36.8 Å². The quantitative estimate of drug-likeness (QED) is 0.762. The average Bonchev–Trinajstić information content (AvgIpc) is 2.59. The number of likely N-dealkylation sites (N-methyl/N-ethyl adjacent to an activating group) is 1. The van der Waals surface area contributed by atoms with Gasteiger partial charge in [0.25, 0.3) is 5.91 Å². The highest BCUT2D eigenvalue weighted by Gasteiger charge is 2.31. The lowest BCUT2D eigenvalue weighted by molar-refractivity contribution is -0.136. The highest BCUT2D eigenvalue weighted by Crippen LogP contribution is 2.21. The molecule has 0 saturated carbocycles. The molecule has 1 aromatic rings. The Bertz CT molecular complexity index is 612. The molecule has 0 spiro atoms. The maximum Gasteiger partial charge on any atom is 0.253 e. The van der Waals surface area contributed by atoms with Gasteiger partial charge in [-0.1, -0.05) is 23.8 Å². The summed E-state index contributed by atoms with van der Waals surface area (Å²) in [4.78, 5) is 29.0. The zero-order valence-electron chi connectivity index (χ0n) is 14.4. The lowest BCUT2D eigenvalue weighted by Crippen LogP contribution is -2.47. The van der Waals surface area contributed by atoms with E-state index in [0.717, 1.165) is 18.4 Å². The van der Waals surface area contributed by atoms with E-state index in [1.807, 2.05) is 18.7 Å². The SMILES string of the molecule is C=C(C)CN(CC)C(=O)C1CCCN(C(=O)c2ccc(Cl)cc2)C1. The van der Waals surface area contributed by atoms with Gasteiger partial charge in [0.2, 0.25) is 5.91 Å². The van der Waals surface area contributed by atoms with Gasteiger partial charge in [0, 0.05) is 36.8 Å². The standard InChI is InChI=1S/C19H25ClN2O2/c1-4-21(12-14(2)3)19(24)16-6-5-11-22(13-16)18(23)15-7-9-17(20)10-8-15/h7-10,16H,2,4-6,11-13H2,1,3H3. The molecule has 0 aromatic heterocycles. The topological polar surface area (TPSA) is 40.6 Å². The monoisotopic (exact) mass is 348 g/mol. The fourth-order valence-corrected chi connectivity index (χ4v) is 3.19. The third kappa shape index (κ3) is 4.60. The number of benzene rings is 1. The number of nitrogens with zero attached hydrogens (tertiary/aromatic N) is 2. The van der Waals surface area contributed by atoms with Crippen LogP contribution in [0.15, 0.2) is 36.4 Å². The van der Waals surface area contributed by atoms with E-state index in [-0.39, 0.29) is 17.7 Å². The van der Waals surface area contributed by atoms with E-state index < -0.39 is 0 Å². The zero-order chi connectivity index (χ0) is 17.7. The number of carbonyl (C=O) groups excluding carboxylic acids is 2. The van der Waals surface area contributed by atoms with Gasteiger partial charge < -0.3 is 9.80 Å². The molecule has 1 aromatic carbocycles. The summed E-state index contributed by atoms with van der Waals surface area (Å²) in [5.41, 5.74) is 1.58. The van der Waals surface area contributed by atoms with E-state index >= 15 is 0 Å². The largest absolute Gasteiger partial charge is 0.339 e. The Morgan fingerprint density at radius 3 is 2.58 bits per heavy atom. The first-order valence-corrected chi connectivity index (χ1v) is 8.78. The Morgan fingerprint density at radius 2 is 2.00 bits per heavy atom. The van der Waals surface area contributed by atoms with Crippen LogP contribution in [0.2, 0.25) is 5.02 Å². The van der Waals surface area contributed by atoms with Crippen molar-refractivity contribution in [3.8, 4) is 0 Å². The van der Waals surface area contributed by atoms with Gasteiger partial charge in [-0.25, -0.2) is 0 Å². The molecule has 24 heavy (non-hydrogen) atoms. The fourth-order valence-electron chi connectivity index (χ4n) is 3.07. The maximum absolute atomic E-state index is 12.7. The third-order valence-corrected chi connectivity index (χ3v) is 4.56. The molecule has 0 radical (unpaired) electrons. The van der Waals surface area contributed by atoms with Crippen LogP contribution in [0.25, 0.3) is 0 Å². The lowest BCUT2D eigenvalue weighted by atomic mass is 9.95. The smallest absolute Gasteiger partial charge is 0.253 e. The van der Waals surface area contributed by atoms with E-state index in [9.17, 15) is 9.59 Å². The predicted octanol–water partition coefficient (Wildman–Crippen LogP) is 3.62. The fraction of sp³-hybridized carbons (Fsp3) is 0.474. The highest BCUT2D eigenvalue weighted by atomic mass is 35.5. The van der Waals surface area contributed by atoms with Gasteiger partial charge in [-0.15, -0.1) is 0 Å². The first kappa shape index (κ1) is 18.5. The number of likely N-dealkylation sites (tertiary alicyclic amines) is 1. The summed E-state index contributed by atoms with van der Waals surface area (Å²) in [6.45, 7) is 10.2. The van der Waals surface area contributed by atoms with Crippen molar-refractivity contribution in [2.24, 2.45) is 5.92 Å². The maximum atomic E-state index is 12.7. The Hall–Kier alpha value is -1.81. The van der Waals surface area contributed by atoms with Gasteiger partial charge in [-0.3, -0.25) is 9.59 Å². The Balaban J connectivity index is 2.05. The van der Waals surface area contributed by atoms with Crippen LogP contribution in [-0.4, -0.2) is 47.8 Å². The molecule has 5 heteroatoms. The lowest BCUT2D eigenvalue weighted by Gasteiger charge is -2.35. The summed E-state index contributed by atoms with van der Waals surface area (Å²) in [6, 6.07) is 6.89. The molecule has 1 aliphatic heterocycles. The molecule has 1 fully saturated rings. The number of halogens is 1. The van der Waals surface area contributed by atoms with Crippen LogP contribution in [0.4, 0.5) is 0 Å². The van der Waals surface area contributed by atoms with Crippen LogP contribution >= 0.6 is 11.6 Å². The average molecular weight is 349 g/mol. The molecule has 130 valence electrons. The van der Waals surface area contributed by atoms with Crippen molar-refractivity contribution >= 4 is 23.4 Å². The summed E-state index contributed by atoms with van der Waals surface area (Å²) >= 11 is 5.88. The first-order chi connectivity index (χ1) is 11.4. The molecule has 0 N–H and O–H groups in total. The molecule has 0 bridgehead atoms. The molecule has 1 atom stereocenters. The molecule has 1 aliphatic rings. The van der Waals surface area contributed by atoms with Gasteiger partial charge in [0.15, 0.2) is 0 Å². The molecule has 2 rings (SSSR count). The second kappa shape index (κ2) is 8.34. The summed E-state index contributed by atoms with van der Waals surface area (Å²) in [7, 11) is 0. The summed E-state index contributed by atoms with van der Waals surface area (Å²) in [5.74, 6) is -0.0458. The van der Waals surface area contributed by atoms with Gasteiger partial charge >= 0.3 is 0 Å². The number of piperidine rings is 1. The van der Waals surface area contributed by atoms with Crippen LogP contribution in [0.5, 0.6) is 0 Å². The van der Waals surface area contributed by atoms with Gasteiger partial charge in [0.1, 0.15) is 0 Å². The van der Waals surface area contributed by atoms with Crippen LogP contribution in [0.3, 0.4) is 0 Å². The van der Waals surface area contributed by atoms with Crippen molar-refractivity contribution in [3.05, 3.63) is 47.0 Å². The minimum absolute atomic E-state index is 0.0351. The minimum atomic E-state index is -0.130. The highest BCUT2D eigenvalue weighted by molar-refractivity contribution is 6.30. The van der Waals surface area contributed by atoms with Crippen molar-refractivity contribution in [2.45, 2.75) is 26.7 Å². The van der Waals surface area contributed by atoms with Crippen molar-refractivity contribution < 1.29 is 9.59 Å². The van der Waals surface area contributed by atoms with Crippen LogP contribution in [-0.2, 0) is 4.79 Å².